The topological polar surface area (TPSA) is 127 Å². The van der Waals surface area contributed by atoms with Crippen molar-refractivity contribution in [1.82, 2.24) is 14.5 Å². The zero-order valence-corrected chi connectivity index (χ0v) is 16.6. The van der Waals surface area contributed by atoms with Gasteiger partial charge in [-0.1, -0.05) is 30.3 Å². The molecular formula is C23H22N4O4. The Hall–Kier alpha value is -3.04. The second-order valence-electron chi connectivity index (χ2n) is 8.25. The van der Waals surface area contributed by atoms with E-state index in [-0.39, 0.29) is 0 Å². The Morgan fingerprint density at radius 1 is 1.00 bits per heavy atom. The molecule has 1 saturated heterocycles. The summed E-state index contributed by atoms with van der Waals surface area (Å²) in [5.41, 5.74) is 11.3. The number of fused-ring (bicyclic) bond motifs is 1. The number of hydrogen-bond acceptors (Lipinski definition) is 7. The van der Waals surface area contributed by atoms with Crippen molar-refractivity contribution in [2.45, 2.75) is 37.4 Å². The molecule has 2 aromatic carbocycles. The SMILES string of the molecule is Nc1ncnc2c1c(-c1ccc3c4c(cccc14)CC3)cn2[C@@H]1O[C@H](CO)[C@@H](O)[C@H]1O. The molecule has 1 fully saturated rings. The lowest BCUT2D eigenvalue weighted by Crippen LogP contribution is -2.33. The van der Waals surface area contributed by atoms with Crippen LogP contribution in [-0.2, 0) is 17.6 Å². The quantitative estimate of drug-likeness (QED) is 0.397. The minimum Gasteiger partial charge on any atom is -0.394 e. The summed E-state index contributed by atoms with van der Waals surface area (Å²) < 4.78 is 7.44. The molecule has 4 atom stereocenters. The van der Waals surface area contributed by atoms with Crippen LogP contribution in [0.4, 0.5) is 5.82 Å². The van der Waals surface area contributed by atoms with Crippen molar-refractivity contribution in [3.8, 4) is 11.1 Å². The Morgan fingerprint density at radius 3 is 2.58 bits per heavy atom. The van der Waals surface area contributed by atoms with Gasteiger partial charge < -0.3 is 30.4 Å². The number of aliphatic hydroxyl groups excluding tert-OH is 3. The van der Waals surface area contributed by atoms with E-state index in [1.54, 1.807) is 4.57 Å². The van der Waals surface area contributed by atoms with Crippen LogP contribution in [0.25, 0.3) is 32.9 Å². The highest BCUT2D eigenvalue weighted by atomic mass is 16.6. The standard InChI is InChI=1S/C23H22N4O4/c24-21-18-15(13-7-6-12-5-4-11-2-1-3-14(13)17(11)12)8-27(22(18)26-10-25-21)23-20(30)19(29)16(9-28)31-23/h1-3,6-8,10,16,19-20,23,28-30H,4-5,9H2,(H2,24,25,26)/t16-,19-,20-,23-/m1/s1. The smallest absolute Gasteiger partial charge is 0.164 e. The minimum absolute atomic E-state index is 0.328. The molecule has 0 saturated carbocycles. The molecule has 2 aromatic heterocycles. The highest BCUT2D eigenvalue weighted by molar-refractivity contribution is 6.09. The lowest BCUT2D eigenvalue weighted by Gasteiger charge is -2.17. The van der Waals surface area contributed by atoms with Crippen molar-refractivity contribution >= 4 is 27.6 Å². The van der Waals surface area contributed by atoms with Crippen LogP contribution < -0.4 is 5.73 Å². The molecule has 6 rings (SSSR count). The van der Waals surface area contributed by atoms with E-state index in [1.807, 2.05) is 6.20 Å². The lowest BCUT2D eigenvalue weighted by molar-refractivity contribution is -0.0508. The van der Waals surface area contributed by atoms with Gasteiger partial charge >= 0.3 is 0 Å². The average Bonchev–Trinajstić information content (AvgIpc) is 3.45. The molecule has 8 heteroatoms. The monoisotopic (exact) mass is 418 g/mol. The van der Waals surface area contributed by atoms with Crippen molar-refractivity contribution in [2.75, 3.05) is 12.3 Å². The van der Waals surface area contributed by atoms with E-state index in [2.05, 4.69) is 40.3 Å². The highest BCUT2D eigenvalue weighted by Crippen LogP contribution is 2.42. The van der Waals surface area contributed by atoms with Crippen LogP contribution in [0.1, 0.15) is 17.4 Å². The molecule has 0 radical (unpaired) electrons. The first-order valence-electron chi connectivity index (χ1n) is 10.4. The maximum absolute atomic E-state index is 10.6. The molecule has 0 spiro atoms. The van der Waals surface area contributed by atoms with Gasteiger partial charge in [-0.3, -0.25) is 0 Å². The number of rotatable bonds is 3. The molecule has 158 valence electrons. The molecule has 2 aliphatic rings. The van der Waals surface area contributed by atoms with E-state index in [1.165, 1.54) is 22.8 Å². The van der Waals surface area contributed by atoms with Crippen LogP contribution in [0, 0.1) is 0 Å². The second-order valence-corrected chi connectivity index (χ2v) is 8.25. The molecule has 31 heavy (non-hydrogen) atoms. The van der Waals surface area contributed by atoms with Gasteiger partial charge in [0, 0.05) is 11.8 Å². The van der Waals surface area contributed by atoms with Gasteiger partial charge in [-0.05, 0) is 40.3 Å². The molecule has 4 aromatic rings. The van der Waals surface area contributed by atoms with Crippen LogP contribution in [0.2, 0.25) is 0 Å². The number of benzene rings is 2. The maximum atomic E-state index is 10.6. The number of anilines is 1. The van der Waals surface area contributed by atoms with Crippen LogP contribution >= 0.6 is 0 Å². The van der Waals surface area contributed by atoms with Crippen molar-refractivity contribution in [3.05, 3.63) is 54.0 Å². The van der Waals surface area contributed by atoms with E-state index >= 15 is 0 Å². The van der Waals surface area contributed by atoms with Gasteiger partial charge in [0.05, 0.1) is 12.0 Å². The second kappa shape index (κ2) is 6.73. The molecule has 1 aliphatic carbocycles. The fourth-order valence-corrected chi connectivity index (χ4v) is 5.10. The third-order valence-electron chi connectivity index (χ3n) is 6.60. The molecule has 0 amide bonds. The Balaban J connectivity index is 1.61. The molecule has 5 N–H and O–H groups in total. The maximum Gasteiger partial charge on any atom is 0.164 e. The fourth-order valence-electron chi connectivity index (χ4n) is 5.10. The summed E-state index contributed by atoms with van der Waals surface area (Å²) in [6.45, 7) is -0.396. The van der Waals surface area contributed by atoms with Crippen molar-refractivity contribution in [3.63, 3.8) is 0 Å². The zero-order valence-electron chi connectivity index (χ0n) is 16.6. The van der Waals surface area contributed by atoms with E-state index in [0.29, 0.717) is 16.9 Å². The first-order chi connectivity index (χ1) is 15.1. The summed E-state index contributed by atoms with van der Waals surface area (Å²) in [6.07, 6.45) is 1.07. The summed E-state index contributed by atoms with van der Waals surface area (Å²) >= 11 is 0. The first kappa shape index (κ1) is 18.7. The Morgan fingerprint density at radius 2 is 1.81 bits per heavy atom. The number of nitrogens with two attached hydrogens (primary N) is 1. The van der Waals surface area contributed by atoms with Gasteiger partial charge in [0.25, 0.3) is 0 Å². The first-order valence-corrected chi connectivity index (χ1v) is 10.4. The minimum atomic E-state index is -1.22. The van der Waals surface area contributed by atoms with E-state index in [0.717, 1.165) is 29.4 Å². The number of nitrogen functional groups attached to an aromatic ring is 1. The number of hydrogen-bond donors (Lipinski definition) is 4. The summed E-state index contributed by atoms with van der Waals surface area (Å²) in [4.78, 5) is 8.59. The van der Waals surface area contributed by atoms with Gasteiger partial charge in [-0.15, -0.1) is 0 Å². The Bertz CT molecular complexity index is 1320. The van der Waals surface area contributed by atoms with Crippen molar-refractivity contribution in [2.24, 2.45) is 0 Å². The van der Waals surface area contributed by atoms with Crippen LogP contribution in [0.15, 0.2) is 42.9 Å². The summed E-state index contributed by atoms with van der Waals surface area (Å²) in [6, 6.07) is 10.6. The third-order valence-corrected chi connectivity index (χ3v) is 6.60. The average molecular weight is 418 g/mol. The molecule has 3 heterocycles. The number of aromatic nitrogens is 3. The Labute approximate surface area is 177 Å². The molecule has 8 nitrogen and oxygen atoms in total. The largest absolute Gasteiger partial charge is 0.394 e. The van der Waals surface area contributed by atoms with E-state index in [4.69, 9.17) is 10.5 Å². The normalized spacial score (nSPS) is 25.1. The number of aryl methyl sites for hydroxylation is 2. The highest BCUT2D eigenvalue weighted by Gasteiger charge is 2.44. The van der Waals surface area contributed by atoms with Gasteiger partial charge in [0.1, 0.15) is 36.1 Å². The summed E-state index contributed by atoms with van der Waals surface area (Å²) in [7, 11) is 0. The number of aliphatic hydroxyl groups is 3. The van der Waals surface area contributed by atoms with Gasteiger partial charge in [-0.25, -0.2) is 9.97 Å². The summed E-state index contributed by atoms with van der Waals surface area (Å²) in [5.74, 6) is 0.328. The van der Waals surface area contributed by atoms with Crippen molar-refractivity contribution < 1.29 is 20.1 Å². The van der Waals surface area contributed by atoms with Gasteiger partial charge in [0.15, 0.2) is 6.23 Å². The van der Waals surface area contributed by atoms with E-state index < -0.39 is 31.1 Å². The lowest BCUT2D eigenvalue weighted by atomic mass is 9.95. The molecular weight excluding hydrogens is 396 g/mol. The zero-order chi connectivity index (χ0) is 21.3. The van der Waals surface area contributed by atoms with Crippen LogP contribution in [0.3, 0.4) is 0 Å². The fraction of sp³-hybridized carbons (Fsp3) is 0.304. The van der Waals surface area contributed by atoms with Gasteiger partial charge in [0.2, 0.25) is 0 Å². The van der Waals surface area contributed by atoms with Gasteiger partial charge in [-0.2, -0.15) is 0 Å². The molecule has 0 bridgehead atoms. The third kappa shape index (κ3) is 2.56. The molecule has 0 unspecified atom stereocenters. The van der Waals surface area contributed by atoms with Crippen LogP contribution in [-0.4, -0.2) is 54.8 Å². The number of nitrogens with zero attached hydrogens (tertiary/aromatic N) is 3. The van der Waals surface area contributed by atoms with Crippen LogP contribution in [0.5, 0.6) is 0 Å². The summed E-state index contributed by atoms with van der Waals surface area (Å²) in [5, 5.41) is 33.4. The number of ether oxygens (including phenoxy) is 1. The van der Waals surface area contributed by atoms with Crippen molar-refractivity contribution in [1.29, 1.82) is 0 Å². The predicted octanol–water partition coefficient (Wildman–Crippen LogP) is 1.54. The predicted molar refractivity (Wildman–Crippen MR) is 115 cm³/mol. The Kier molecular flexibility index (Phi) is 4.06. The van der Waals surface area contributed by atoms with E-state index in [9.17, 15) is 15.3 Å². The molecule has 1 aliphatic heterocycles.